The van der Waals surface area contributed by atoms with E-state index in [4.69, 9.17) is 25.8 Å². The molecule has 1 aliphatic rings. The number of fused-ring (bicyclic) bond motifs is 1. The molecule has 32 heavy (non-hydrogen) atoms. The maximum atomic E-state index is 13.0. The summed E-state index contributed by atoms with van der Waals surface area (Å²) in [6, 6.07) is 3.50. The van der Waals surface area contributed by atoms with Crippen molar-refractivity contribution in [2.24, 2.45) is 0 Å². The predicted octanol–water partition coefficient (Wildman–Crippen LogP) is 6.11. The van der Waals surface area contributed by atoms with Crippen LogP contribution in [0.1, 0.15) is 53.5 Å². The number of halogens is 1. The predicted molar refractivity (Wildman–Crippen MR) is 126 cm³/mol. The summed E-state index contributed by atoms with van der Waals surface area (Å²) in [6.07, 6.45) is 3.57. The van der Waals surface area contributed by atoms with Crippen molar-refractivity contribution >= 4 is 40.3 Å². The summed E-state index contributed by atoms with van der Waals surface area (Å²) in [7, 11) is 1.56. The molecule has 0 fully saturated rings. The molecule has 1 aromatic carbocycles. The first-order valence-electron chi connectivity index (χ1n) is 10.6. The number of carbonyl (C=O) groups is 2. The van der Waals surface area contributed by atoms with Crippen molar-refractivity contribution in [3.05, 3.63) is 35.0 Å². The first-order chi connectivity index (χ1) is 14.8. The standard InChI is InChI=1S/C24H31ClN2O5/c1-23(2,3)31-21(28)26-10-8-9-15(13-26)18-14-27(22(29)32-24(4,5)6)20-17(18)11-16(30-7)12-19(20)25/h9,11-12,14H,8,10,13H2,1-7H3. The number of methoxy groups -OCH3 is 1. The Morgan fingerprint density at radius 1 is 1.00 bits per heavy atom. The molecule has 1 amide bonds. The van der Waals surface area contributed by atoms with Gasteiger partial charge in [0.2, 0.25) is 0 Å². The van der Waals surface area contributed by atoms with Gasteiger partial charge in [-0.3, -0.25) is 4.57 Å². The molecule has 7 nitrogen and oxygen atoms in total. The summed E-state index contributed by atoms with van der Waals surface area (Å²) in [4.78, 5) is 27.3. The Bertz CT molecular complexity index is 1070. The Kier molecular flexibility index (Phi) is 6.52. The Morgan fingerprint density at radius 3 is 2.22 bits per heavy atom. The van der Waals surface area contributed by atoms with E-state index in [2.05, 4.69) is 6.08 Å². The molecule has 0 saturated heterocycles. The molecule has 1 aromatic heterocycles. The van der Waals surface area contributed by atoms with Crippen LogP contribution in [0.25, 0.3) is 16.5 Å². The lowest BCUT2D eigenvalue weighted by atomic mass is 10.0. The van der Waals surface area contributed by atoms with Gasteiger partial charge in [-0.1, -0.05) is 17.7 Å². The van der Waals surface area contributed by atoms with Gasteiger partial charge in [-0.15, -0.1) is 0 Å². The highest BCUT2D eigenvalue weighted by Crippen LogP contribution is 2.37. The van der Waals surface area contributed by atoms with E-state index in [0.717, 1.165) is 16.5 Å². The average molecular weight is 463 g/mol. The van der Waals surface area contributed by atoms with E-state index in [1.165, 1.54) is 4.57 Å². The van der Waals surface area contributed by atoms with Crippen LogP contribution in [0, 0.1) is 0 Å². The highest BCUT2D eigenvalue weighted by atomic mass is 35.5. The summed E-state index contributed by atoms with van der Waals surface area (Å²) in [5.74, 6) is 0.575. The number of carbonyl (C=O) groups excluding carboxylic acids is 2. The van der Waals surface area contributed by atoms with E-state index in [0.29, 0.717) is 35.8 Å². The van der Waals surface area contributed by atoms with E-state index in [1.54, 1.807) is 24.3 Å². The van der Waals surface area contributed by atoms with Gasteiger partial charge >= 0.3 is 12.2 Å². The number of amides is 1. The van der Waals surface area contributed by atoms with E-state index in [-0.39, 0.29) is 6.09 Å². The van der Waals surface area contributed by atoms with Crippen molar-refractivity contribution in [3.8, 4) is 5.75 Å². The van der Waals surface area contributed by atoms with Crippen LogP contribution in [0.5, 0.6) is 5.75 Å². The lowest BCUT2D eigenvalue weighted by molar-refractivity contribution is 0.0272. The van der Waals surface area contributed by atoms with E-state index in [9.17, 15) is 9.59 Å². The molecule has 0 radical (unpaired) electrons. The van der Waals surface area contributed by atoms with Crippen LogP contribution in [-0.2, 0) is 9.47 Å². The topological polar surface area (TPSA) is 70.0 Å². The lowest BCUT2D eigenvalue weighted by Crippen LogP contribution is -2.39. The fourth-order valence-corrected chi connectivity index (χ4v) is 3.84. The number of nitrogens with zero attached hydrogens (tertiary/aromatic N) is 2. The molecule has 8 heteroatoms. The lowest BCUT2D eigenvalue weighted by Gasteiger charge is -2.30. The fraction of sp³-hybridized carbons (Fsp3) is 0.500. The van der Waals surface area contributed by atoms with Crippen LogP contribution in [0.2, 0.25) is 5.02 Å². The Hall–Kier alpha value is -2.67. The molecular weight excluding hydrogens is 432 g/mol. The summed E-state index contributed by atoms with van der Waals surface area (Å²) in [5, 5.41) is 1.12. The molecule has 3 rings (SSSR count). The van der Waals surface area contributed by atoms with Crippen LogP contribution >= 0.6 is 11.6 Å². The molecule has 2 aromatic rings. The molecule has 174 valence electrons. The summed E-state index contributed by atoms with van der Waals surface area (Å²) in [6.45, 7) is 11.9. The minimum absolute atomic E-state index is 0.358. The summed E-state index contributed by atoms with van der Waals surface area (Å²) in [5.41, 5.74) is 0.988. The second-order valence-corrected chi connectivity index (χ2v) is 10.2. The van der Waals surface area contributed by atoms with Crippen LogP contribution in [0.4, 0.5) is 9.59 Å². The van der Waals surface area contributed by atoms with E-state index >= 15 is 0 Å². The van der Waals surface area contributed by atoms with Crippen molar-refractivity contribution in [2.75, 3.05) is 20.2 Å². The molecule has 0 atom stereocenters. The second kappa shape index (κ2) is 8.70. The highest BCUT2D eigenvalue weighted by molar-refractivity contribution is 6.36. The van der Waals surface area contributed by atoms with Crippen LogP contribution in [-0.4, -0.2) is 53.1 Å². The maximum absolute atomic E-state index is 13.0. The van der Waals surface area contributed by atoms with Crippen molar-refractivity contribution in [1.29, 1.82) is 0 Å². The van der Waals surface area contributed by atoms with Gasteiger partial charge < -0.3 is 19.1 Å². The van der Waals surface area contributed by atoms with Crippen LogP contribution in [0.15, 0.2) is 24.4 Å². The minimum Gasteiger partial charge on any atom is -0.497 e. The second-order valence-electron chi connectivity index (χ2n) is 9.82. The monoisotopic (exact) mass is 462 g/mol. The molecule has 0 aliphatic carbocycles. The normalized spacial score (nSPS) is 14.9. The molecule has 0 saturated carbocycles. The average Bonchev–Trinajstić information content (AvgIpc) is 3.05. The molecule has 1 aliphatic heterocycles. The van der Waals surface area contributed by atoms with Gasteiger partial charge in [-0.2, -0.15) is 0 Å². The summed E-state index contributed by atoms with van der Waals surface area (Å²) < 4.78 is 17.9. The van der Waals surface area contributed by atoms with Crippen molar-refractivity contribution in [2.45, 2.75) is 59.2 Å². The van der Waals surface area contributed by atoms with E-state index < -0.39 is 17.3 Å². The molecule has 2 heterocycles. The van der Waals surface area contributed by atoms with E-state index in [1.807, 2.05) is 47.6 Å². The van der Waals surface area contributed by atoms with Gasteiger partial charge in [-0.05, 0) is 59.6 Å². The van der Waals surface area contributed by atoms with Crippen molar-refractivity contribution < 1.29 is 23.8 Å². The van der Waals surface area contributed by atoms with Crippen molar-refractivity contribution in [3.63, 3.8) is 0 Å². The largest absolute Gasteiger partial charge is 0.497 e. The maximum Gasteiger partial charge on any atom is 0.419 e. The van der Waals surface area contributed by atoms with Crippen molar-refractivity contribution in [1.82, 2.24) is 9.47 Å². The van der Waals surface area contributed by atoms with Gasteiger partial charge in [0.05, 0.1) is 17.6 Å². The third-order valence-corrected chi connectivity index (χ3v) is 5.09. The van der Waals surface area contributed by atoms with Gasteiger partial charge in [0, 0.05) is 36.3 Å². The van der Waals surface area contributed by atoms with Crippen LogP contribution < -0.4 is 4.74 Å². The molecule has 0 unspecified atom stereocenters. The Morgan fingerprint density at radius 2 is 1.62 bits per heavy atom. The van der Waals surface area contributed by atoms with Gasteiger partial charge in [0.25, 0.3) is 0 Å². The first kappa shape index (κ1) is 24.0. The number of hydrogen-bond acceptors (Lipinski definition) is 5. The third-order valence-electron chi connectivity index (χ3n) is 4.80. The minimum atomic E-state index is -0.662. The van der Waals surface area contributed by atoms with Crippen LogP contribution in [0.3, 0.4) is 0 Å². The number of benzene rings is 1. The molecule has 0 spiro atoms. The quantitative estimate of drug-likeness (QED) is 0.538. The SMILES string of the molecule is COc1cc(Cl)c2c(c1)c(C1=CCCN(C(=O)OC(C)(C)C)C1)cn2C(=O)OC(C)(C)C. The van der Waals surface area contributed by atoms with Gasteiger partial charge in [0.15, 0.2) is 0 Å². The zero-order valence-corrected chi connectivity index (χ0v) is 20.5. The molecule has 0 bridgehead atoms. The Balaban J connectivity index is 2.06. The molecular formula is C24H31ClN2O5. The zero-order chi connectivity index (χ0) is 23.8. The molecule has 0 N–H and O–H groups in total. The van der Waals surface area contributed by atoms with Gasteiger partial charge in [-0.25, -0.2) is 9.59 Å². The Labute approximate surface area is 193 Å². The number of ether oxygens (including phenoxy) is 3. The highest BCUT2D eigenvalue weighted by Gasteiger charge is 2.28. The number of hydrogen-bond donors (Lipinski definition) is 0. The summed E-state index contributed by atoms with van der Waals surface area (Å²) >= 11 is 6.55. The fourth-order valence-electron chi connectivity index (χ4n) is 3.54. The smallest absolute Gasteiger partial charge is 0.419 e. The first-order valence-corrected chi connectivity index (χ1v) is 11.0. The third kappa shape index (κ3) is 5.38. The van der Waals surface area contributed by atoms with Gasteiger partial charge in [0.1, 0.15) is 17.0 Å². The zero-order valence-electron chi connectivity index (χ0n) is 19.7. The number of rotatable bonds is 2. The number of aromatic nitrogens is 1.